The van der Waals surface area contributed by atoms with Gasteiger partial charge in [-0.1, -0.05) is 13.8 Å². The molecule has 0 aliphatic rings. The lowest BCUT2D eigenvalue weighted by Crippen LogP contribution is -2.27. The van der Waals surface area contributed by atoms with Crippen LogP contribution in [0.25, 0.3) is 27.6 Å². The molecule has 2 N–H and O–H groups in total. The number of aromatic nitrogens is 4. The number of hydrogen-bond acceptors (Lipinski definition) is 6. The predicted molar refractivity (Wildman–Crippen MR) is 109 cm³/mol. The van der Waals surface area contributed by atoms with Gasteiger partial charge >= 0.3 is 0 Å². The lowest BCUT2D eigenvalue weighted by atomic mass is 9.95. The zero-order chi connectivity index (χ0) is 19.7. The Balaban J connectivity index is 1.76. The topological polar surface area (TPSA) is 75.3 Å². The summed E-state index contributed by atoms with van der Waals surface area (Å²) in [5, 5.41) is 14.6. The Hall–Kier alpha value is -2.84. The Morgan fingerprint density at radius 1 is 1.18 bits per heavy atom. The second-order valence-corrected chi connectivity index (χ2v) is 8.19. The van der Waals surface area contributed by atoms with E-state index in [9.17, 15) is 9.50 Å². The van der Waals surface area contributed by atoms with Crippen LogP contribution in [0.5, 0.6) is 0 Å². The summed E-state index contributed by atoms with van der Waals surface area (Å²) in [5.74, 6) is 0.195. The summed E-state index contributed by atoms with van der Waals surface area (Å²) in [4.78, 5) is 14.5. The van der Waals surface area contributed by atoms with Gasteiger partial charge in [-0.25, -0.2) is 19.3 Å². The number of halogens is 1. The van der Waals surface area contributed by atoms with E-state index in [1.165, 1.54) is 23.5 Å². The van der Waals surface area contributed by atoms with Gasteiger partial charge in [0.15, 0.2) is 4.96 Å². The van der Waals surface area contributed by atoms with Gasteiger partial charge in [-0.2, -0.15) is 0 Å². The summed E-state index contributed by atoms with van der Waals surface area (Å²) in [6.45, 7) is 4.52. The number of anilines is 1. The van der Waals surface area contributed by atoms with Gasteiger partial charge in [-0.05, 0) is 30.3 Å². The molecule has 0 amide bonds. The first-order valence-electron chi connectivity index (χ1n) is 8.86. The number of benzene rings is 1. The van der Waals surface area contributed by atoms with Crippen LogP contribution in [0.4, 0.5) is 10.3 Å². The number of thiazole rings is 1. The number of rotatable bonds is 6. The van der Waals surface area contributed by atoms with Crippen LogP contribution in [-0.2, 0) is 0 Å². The highest BCUT2D eigenvalue weighted by Gasteiger charge is 2.20. The van der Waals surface area contributed by atoms with Crippen molar-refractivity contribution in [2.75, 3.05) is 18.5 Å². The lowest BCUT2D eigenvalue weighted by Gasteiger charge is -2.21. The third-order valence-corrected chi connectivity index (χ3v) is 5.19. The van der Waals surface area contributed by atoms with Crippen molar-refractivity contribution in [2.24, 2.45) is 5.41 Å². The van der Waals surface area contributed by atoms with E-state index in [1.54, 1.807) is 18.3 Å². The highest BCUT2D eigenvalue weighted by molar-refractivity contribution is 7.15. The maximum Gasteiger partial charge on any atom is 0.223 e. The molecule has 0 saturated heterocycles. The first-order valence-corrected chi connectivity index (χ1v) is 9.74. The van der Waals surface area contributed by atoms with Crippen LogP contribution < -0.4 is 5.32 Å². The highest BCUT2D eigenvalue weighted by Crippen LogP contribution is 2.33. The average molecular weight is 397 g/mol. The number of nitrogens with one attached hydrogen (secondary N) is 1. The number of hydrogen-bond donors (Lipinski definition) is 2. The SMILES string of the molecule is CC(C)(CO)CNc1nccc(-c2c(-c3ccc(F)cc3)nc3sccn23)n1. The maximum atomic E-state index is 13.4. The van der Waals surface area contributed by atoms with Crippen molar-refractivity contribution in [3.63, 3.8) is 0 Å². The van der Waals surface area contributed by atoms with E-state index in [0.717, 1.165) is 21.9 Å². The van der Waals surface area contributed by atoms with E-state index in [1.807, 2.05) is 35.9 Å². The molecule has 8 heteroatoms. The quantitative estimate of drug-likeness (QED) is 0.513. The molecule has 6 nitrogen and oxygen atoms in total. The summed E-state index contributed by atoms with van der Waals surface area (Å²) in [6, 6.07) is 8.12. The summed E-state index contributed by atoms with van der Waals surface area (Å²) >= 11 is 1.53. The van der Waals surface area contributed by atoms with Crippen LogP contribution in [0.2, 0.25) is 0 Å². The predicted octanol–water partition coefficient (Wildman–Crippen LogP) is 4.09. The van der Waals surface area contributed by atoms with Crippen molar-refractivity contribution in [1.82, 2.24) is 19.4 Å². The molecule has 0 atom stereocenters. The molecule has 1 aromatic carbocycles. The fraction of sp³-hybridized carbons (Fsp3) is 0.250. The van der Waals surface area contributed by atoms with Crippen LogP contribution >= 0.6 is 11.3 Å². The normalized spacial score (nSPS) is 11.9. The Morgan fingerprint density at radius 3 is 2.71 bits per heavy atom. The summed E-state index contributed by atoms with van der Waals surface area (Å²) in [7, 11) is 0. The second kappa shape index (κ2) is 7.29. The number of aliphatic hydroxyl groups excluding tert-OH is 1. The minimum atomic E-state index is -0.286. The van der Waals surface area contributed by atoms with Crippen LogP contribution in [0.15, 0.2) is 48.1 Å². The van der Waals surface area contributed by atoms with Gasteiger partial charge in [0.05, 0.1) is 11.4 Å². The van der Waals surface area contributed by atoms with Crippen molar-refractivity contribution >= 4 is 22.2 Å². The van der Waals surface area contributed by atoms with Gasteiger partial charge in [-0.15, -0.1) is 11.3 Å². The lowest BCUT2D eigenvalue weighted by molar-refractivity contribution is 0.170. The molecule has 0 aliphatic carbocycles. The number of imidazole rings is 1. The van der Waals surface area contributed by atoms with E-state index in [4.69, 9.17) is 4.98 Å². The van der Waals surface area contributed by atoms with Crippen LogP contribution in [0.3, 0.4) is 0 Å². The molecule has 0 aliphatic heterocycles. The largest absolute Gasteiger partial charge is 0.396 e. The van der Waals surface area contributed by atoms with E-state index in [2.05, 4.69) is 15.3 Å². The van der Waals surface area contributed by atoms with Crippen LogP contribution in [0.1, 0.15) is 13.8 Å². The van der Waals surface area contributed by atoms with Crippen molar-refractivity contribution < 1.29 is 9.50 Å². The Labute approximate surface area is 165 Å². The molecule has 144 valence electrons. The van der Waals surface area contributed by atoms with Crippen molar-refractivity contribution in [3.8, 4) is 22.6 Å². The summed E-state index contributed by atoms with van der Waals surface area (Å²) < 4.78 is 15.3. The van der Waals surface area contributed by atoms with Gasteiger partial charge in [0.25, 0.3) is 0 Å². The molecule has 4 aromatic rings. The minimum Gasteiger partial charge on any atom is -0.396 e. The fourth-order valence-corrected chi connectivity index (χ4v) is 3.50. The molecule has 3 aromatic heterocycles. The Kier molecular flexibility index (Phi) is 4.82. The smallest absolute Gasteiger partial charge is 0.223 e. The third kappa shape index (κ3) is 3.61. The minimum absolute atomic E-state index is 0.0621. The van der Waals surface area contributed by atoms with Crippen molar-refractivity contribution in [2.45, 2.75) is 13.8 Å². The third-order valence-electron chi connectivity index (χ3n) is 4.43. The Morgan fingerprint density at radius 2 is 1.96 bits per heavy atom. The monoisotopic (exact) mass is 397 g/mol. The van der Waals surface area contributed by atoms with Crippen molar-refractivity contribution in [3.05, 3.63) is 53.9 Å². The first-order chi connectivity index (χ1) is 13.5. The van der Waals surface area contributed by atoms with Gasteiger partial charge in [0.2, 0.25) is 5.95 Å². The van der Waals surface area contributed by atoms with E-state index in [-0.39, 0.29) is 17.8 Å². The molecule has 0 unspecified atom stereocenters. The maximum absolute atomic E-state index is 13.4. The number of aliphatic hydroxyl groups is 1. The summed E-state index contributed by atoms with van der Waals surface area (Å²) in [5.41, 5.74) is 2.82. The first kappa shape index (κ1) is 18.5. The molecule has 28 heavy (non-hydrogen) atoms. The zero-order valence-electron chi connectivity index (χ0n) is 15.6. The number of fused-ring (bicyclic) bond motifs is 1. The highest BCUT2D eigenvalue weighted by atomic mass is 32.1. The van der Waals surface area contributed by atoms with E-state index < -0.39 is 0 Å². The van der Waals surface area contributed by atoms with Crippen LogP contribution in [-0.4, -0.2) is 37.6 Å². The molecule has 4 rings (SSSR count). The molecule has 0 fully saturated rings. The van der Waals surface area contributed by atoms with Gasteiger partial charge < -0.3 is 10.4 Å². The van der Waals surface area contributed by atoms with Gasteiger partial charge in [-0.3, -0.25) is 4.40 Å². The summed E-state index contributed by atoms with van der Waals surface area (Å²) in [6.07, 6.45) is 3.64. The number of nitrogens with zero attached hydrogens (tertiary/aromatic N) is 4. The molecular formula is C20H20FN5OS. The fourth-order valence-electron chi connectivity index (χ4n) is 2.79. The molecule has 0 spiro atoms. The van der Waals surface area contributed by atoms with E-state index in [0.29, 0.717) is 18.2 Å². The molecule has 3 heterocycles. The molecule has 0 saturated carbocycles. The Bertz CT molecular complexity index is 1100. The van der Waals surface area contributed by atoms with Gasteiger partial charge in [0.1, 0.15) is 11.5 Å². The average Bonchev–Trinajstić information content (AvgIpc) is 3.28. The molecule has 0 bridgehead atoms. The standard InChI is InChI=1S/C20H20FN5OS/c1-20(2,12-27)11-23-18-22-8-7-15(24-18)17-16(13-3-5-14(21)6-4-13)25-19-26(17)9-10-28-19/h3-10,27H,11-12H2,1-2H3,(H,22,23,24). The van der Waals surface area contributed by atoms with E-state index >= 15 is 0 Å². The van der Waals surface area contributed by atoms with Crippen LogP contribution in [0, 0.1) is 11.2 Å². The molecular weight excluding hydrogens is 377 g/mol. The molecule has 0 radical (unpaired) electrons. The van der Waals surface area contributed by atoms with Gasteiger partial charge in [0, 0.05) is 41.9 Å². The zero-order valence-corrected chi connectivity index (χ0v) is 16.4. The van der Waals surface area contributed by atoms with Crippen molar-refractivity contribution in [1.29, 1.82) is 0 Å². The second-order valence-electron chi connectivity index (χ2n) is 7.31.